The van der Waals surface area contributed by atoms with Gasteiger partial charge in [0, 0.05) is 5.02 Å². The molecule has 0 radical (unpaired) electrons. The van der Waals surface area contributed by atoms with Crippen molar-refractivity contribution in [2.45, 2.75) is 6.92 Å². The number of nitro groups is 1. The van der Waals surface area contributed by atoms with Crippen LogP contribution in [0, 0.1) is 17.0 Å². The first kappa shape index (κ1) is 13.8. The SMILES string of the molecule is Cc1[nH]nc(C(=O)NNc2cccc(Cl)c2)c1[N+](=O)[O-]. The second-order valence-corrected chi connectivity index (χ2v) is 4.33. The number of halogens is 1. The lowest BCUT2D eigenvalue weighted by molar-refractivity contribution is -0.385. The number of hydrazine groups is 1. The zero-order valence-corrected chi connectivity index (χ0v) is 11.1. The van der Waals surface area contributed by atoms with Crippen molar-refractivity contribution >= 4 is 28.9 Å². The van der Waals surface area contributed by atoms with Crippen molar-refractivity contribution in [1.82, 2.24) is 15.6 Å². The lowest BCUT2D eigenvalue weighted by Gasteiger charge is -2.07. The zero-order valence-electron chi connectivity index (χ0n) is 10.3. The average molecular weight is 296 g/mol. The van der Waals surface area contributed by atoms with Gasteiger partial charge < -0.3 is 0 Å². The Morgan fingerprint density at radius 1 is 1.50 bits per heavy atom. The summed E-state index contributed by atoms with van der Waals surface area (Å²) in [5.74, 6) is -0.721. The Morgan fingerprint density at radius 3 is 2.90 bits per heavy atom. The standard InChI is InChI=1S/C11H10ClN5O3/c1-6-10(17(19)20)9(15-13-6)11(18)16-14-8-4-2-3-7(12)5-8/h2-5,14H,1H3,(H,13,15)(H,16,18). The molecule has 0 bridgehead atoms. The predicted octanol–water partition coefficient (Wildman–Crippen LogP) is 2.04. The van der Waals surface area contributed by atoms with Crippen LogP contribution in [0.1, 0.15) is 16.2 Å². The summed E-state index contributed by atoms with van der Waals surface area (Å²) in [6.07, 6.45) is 0. The van der Waals surface area contributed by atoms with Gasteiger partial charge in [0.05, 0.1) is 10.6 Å². The highest BCUT2D eigenvalue weighted by atomic mass is 35.5. The first-order chi connectivity index (χ1) is 9.49. The summed E-state index contributed by atoms with van der Waals surface area (Å²) in [6.45, 7) is 1.46. The molecule has 0 atom stereocenters. The van der Waals surface area contributed by atoms with Crippen molar-refractivity contribution in [2.24, 2.45) is 0 Å². The maximum Gasteiger partial charge on any atom is 0.322 e. The summed E-state index contributed by atoms with van der Waals surface area (Å²) in [7, 11) is 0. The molecule has 0 aliphatic carbocycles. The van der Waals surface area contributed by atoms with E-state index in [9.17, 15) is 14.9 Å². The average Bonchev–Trinajstić information content (AvgIpc) is 2.78. The van der Waals surface area contributed by atoms with Gasteiger partial charge in [0.25, 0.3) is 5.91 Å². The molecule has 104 valence electrons. The number of aromatic nitrogens is 2. The molecule has 2 rings (SSSR count). The third kappa shape index (κ3) is 2.86. The summed E-state index contributed by atoms with van der Waals surface area (Å²) < 4.78 is 0. The molecule has 9 heteroatoms. The Morgan fingerprint density at radius 2 is 2.25 bits per heavy atom. The minimum Gasteiger partial charge on any atom is -0.298 e. The number of carbonyl (C=O) groups is 1. The maximum absolute atomic E-state index is 11.8. The van der Waals surface area contributed by atoms with Gasteiger partial charge in [-0.25, -0.2) is 0 Å². The Labute approximate surface area is 118 Å². The largest absolute Gasteiger partial charge is 0.322 e. The topological polar surface area (TPSA) is 113 Å². The van der Waals surface area contributed by atoms with E-state index in [1.165, 1.54) is 6.92 Å². The summed E-state index contributed by atoms with van der Waals surface area (Å²) in [5.41, 5.74) is 5.03. The van der Waals surface area contributed by atoms with Gasteiger partial charge >= 0.3 is 5.69 Å². The number of anilines is 1. The molecule has 0 aliphatic heterocycles. The van der Waals surface area contributed by atoms with E-state index in [0.29, 0.717) is 10.7 Å². The number of amides is 1. The van der Waals surface area contributed by atoms with Crippen molar-refractivity contribution in [1.29, 1.82) is 0 Å². The molecule has 8 nitrogen and oxygen atoms in total. The van der Waals surface area contributed by atoms with Crippen LogP contribution >= 0.6 is 11.6 Å². The van der Waals surface area contributed by atoms with Gasteiger partial charge in [-0.1, -0.05) is 17.7 Å². The van der Waals surface area contributed by atoms with E-state index in [-0.39, 0.29) is 17.1 Å². The molecule has 2 aromatic rings. The third-order valence-corrected chi connectivity index (χ3v) is 2.69. The van der Waals surface area contributed by atoms with E-state index in [1.54, 1.807) is 24.3 Å². The summed E-state index contributed by atoms with van der Waals surface area (Å²) in [4.78, 5) is 22.0. The Bertz CT molecular complexity index is 670. The Kier molecular flexibility index (Phi) is 3.85. The lowest BCUT2D eigenvalue weighted by atomic mass is 10.3. The minimum atomic E-state index is -0.721. The highest BCUT2D eigenvalue weighted by Crippen LogP contribution is 2.20. The number of rotatable bonds is 4. The minimum absolute atomic E-state index is 0.211. The van der Waals surface area contributed by atoms with Crippen molar-refractivity contribution in [3.05, 3.63) is 50.8 Å². The van der Waals surface area contributed by atoms with Crippen LogP contribution in [0.2, 0.25) is 5.02 Å². The van der Waals surface area contributed by atoms with Crippen molar-refractivity contribution in [3.8, 4) is 0 Å². The van der Waals surface area contributed by atoms with Crippen molar-refractivity contribution in [3.63, 3.8) is 0 Å². The molecular weight excluding hydrogens is 286 g/mol. The number of H-pyrrole nitrogens is 1. The van der Waals surface area contributed by atoms with E-state index in [4.69, 9.17) is 11.6 Å². The number of aryl methyl sites for hydroxylation is 1. The first-order valence-electron chi connectivity index (χ1n) is 5.50. The molecule has 0 saturated heterocycles. The fraction of sp³-hybridized carbons (Fsp3) is 0.0909. The van der Waals surface area contributed by atoms with Gasteiger partial charge in [-0.3, -0.25) is 30.9 Å². The molecule has 0 fully saturated rings. The van der Waals surface area contributed by atoms with Gasteiger partial charge in [-0.15, -0.1) is 0 Å². The van der Waals surface area contributed by atoms with E-state index in [1.807, 2.05) is 0 Å². The molecule has 1 amide bonds. The highest BCUT2D eigenvalue weighted by molar-refractivity contribution is 6.30. The van der Waals surface area contributed by atoms with Crippen LogP contribution in [0.5, 0.6) is 0 Å². The predicted molar refractivity (Wildman–Crippen MR) is 72.5 cm³/mol. The lowest BCUT2D eigenvalue weighted by Crippen LogP contribution is -2.30. The number of aromatic amines is 1. The molecule has 1 heterocycles. The van der Waals surface area contributed by atoms with Crippen LogP contribution in [-0.2, 0) is 0 Å². The van der Waals surface area contributed by atoms with Crippen molar-refractivity contribution < 1.29 is 9.72 Å². The number of nitrogens with one attached hydrogen (secondary N) is 3. The Hall–Kier alpha value is -2.61. The van der Waals surface area contributed by atoms with E-state index >= 15 is 0 Å². The second kappa shape index (κ2) is 5.57. The molecule has 1 aromatic carbocycles. The van der Waals surface area contributed by atoms with Gasteiger partial charge in [-0.05, 0) is 25.1 Å². The fourth-order valence-corrected chi connectivity index (χ4v) is 1.75. The van der Waals surface area contributed by atoms with E-state index in [2.05, 4.69) is 21.0 Å². The van der Waals surface area contributed by atoms with Crippen LogP contribution in [0.25, 0.3) is 0 Å². The fourth-order valence-electron chi connectivity index (χ4n) is 1.56. The second-order valence-electron chi connectivity index (χ2n) is 3.89. The van der Waals surface area contributed by atoms with Crippen molar-refractivity contribution in [2.75, 3.05) is 5.43 Å². The Balaban J connectivity index is 2.11. The number of hydrogen-bond donors (Lipinski definition) is 3. The van der Waals surface area contributed by atoms with Crippen LogP contribution in [0.4, 0.5) is 11.4 Å². The zero-order chi connectivity index (χ0) is 14.7. The van der Waals surface area contributed by atoms with Crippen LogP contribution in [-0.4, -0.2) is 21.0 Å². The molecule has 20 heavy (non-hydrogen) atoms. The summed E-state index contributed by atoms with van der Waals surface area (Å²) in [6, 6.07) is 6.64. The molecule has 0 unspecified atom stereocenters. The molecule has 0 saturated carbocycles. The van der Waals surface area contributed by atoms with Crippen LogP contribution < -0.4 is 10.9 Å². The number of nitrogens with zero attached hydrogens (tertiary/aromatic N) is 2. The first-order valence-corrected chi connectivity index (χ1v) is 5.88. The van der Waals surface area contributed by atoms with Crippen LogP contribution in [0.3, 0.4) is 0 Å². The third-order valence-electron chi connectivity index (χ3n) is 2.46. The summed E-state index contributed by atoms with van der Waals surface area (Å²) >= 11 is 5.79. The number of hydrogen-bond acceptors (Lipinski definition) is 5. The molecule has 0 spiro atoms. The van der Waals surface area contributed by atoms with Gasteiger partial charge in [0.2, 0.25) is 5.69 Å². The monoisotopic (exact) mass is 295 g/mol. The smallest absolute Gasteiger partial charge is 0.298 e. The number of carbonyl (C=O) groups excluding carboxylic acids is 1. The molecule has 0 aliphatic rings. The van der Waals surface area contributed by atoms with Gasteiger partial charge in [0.1, 0.15) is 5.69 Å². The highest BCUT2D eigenvalue weighted by Gasteiger charge is 2.26. The van der Waals surface area contributed by atoms with Crippen LogP contribution in [0.15, 0.2) is 24.3 Å². The van der Waals surface area contributed by atoms with Gasteiger partial charge in [-0.2, -0.15) is 5.10 Å². The number of benzene rings is 1. The molecule has 1 aromatic heterocycles. The summed E-state index contributed by atoms with van der Waals surface area (Å²) in [5, 5.41) is 17.4. The van der Waals surface area contributed by atoms with Gasteiger partial charge in [0.15, 0.2) is 0 Å². The van der Waals surface area contributed by atoms with E-state index < -0.39 is 10.8 Å². The molecule has 3 N–H and O–H groups in total. The maximum atomic E-state index is 11.8. The quantitative estimate of drug-likeness (QED) is 0.590. The normalized spacial score (nSPS) is 10.1. The molecular formula is C11H10ClN5O3. The van der Waals surface area contributed by atoms with E-state index in [0.717, 1.165) is 0 Å².